The zero-order chi connectivity index (χ0) is 24.3. The van der Waals surface area contributed by atoms with Crippen molar-refractivity contribution in [3.05, 3.63) is 126 Å². The standard InChI is InChI=1S/C33H26N2O/c1-33(2)27-10-4-3-9-25(27)26-20-17-23(21-28(26)33)34-22-15-18-24(19-16-22)35-29-11-5-7-13-31(29)36-32-14-8-6-12-30(32)35/h3-21,34H,1-2H3. The molecule has 0 aromatic heterocycles. The summed E-state index contributed by atoms with van der Waals surface area (Å²) in [4.78, 5) is 2.26. The topological polar surface area (TPSA) is 24.5 Å². The van der Waals surface area contributed by atoms with E-state index in [1.54, 1.807) is 0 Å². The molecule has 2 aliphatic rings. The van der Waals surface area contributed by atoms with Gasteiger partial charge in [-0.3, -0.25) is 0 Å². The summed E-state index contributed by atoms with van der Waals surface area (Å²) < 4.78 is 6.15. The van der Waals surface area contributed by atoms with Crippen LogP contribution in [0.1, 0.15) is 25.0 Å². The number of fused-ring (bicyclic) bond motifs is 5. The van der Waals surface area contributed by atoms with Crippen LogP contribution < -0.4 is 15.0 Å². The highest BCUT2D eigenvalue weighted by atomic mass is 16.5. The molecule has 0 fully saturated rings. The SMILES string of the molecule is CC1(C)c2ccccc2-c2ccc(Nc3ccc(N4c5ccccc5Oc5ccccc54)cc3)cc21. The fraction of sp³-hybridized carbons (Fsp3) is 0.0909. The number of anilines is 5. The van der Waals surface area contributed by atoms with Gasteiger partial charge in [-0.2, -0.15) is 0 Å². The number of nitrogens with one attached hydrogen (secondary N) is 1. The Kier molecular flexibility index (Phi) is 4.49. The molecule has 0 unspecified atom stereocenters. The fourth-order valence-corrected chi connectivity index (χ4v) is 5.63. The van der Waals surface area contributed by atoms with Crippen molar-refractivity contribution in [3.63, 3.8) is 0 Å². The van der Waals surface area contributed by atoms with Crippen molar-refractivity contribution in [3.8, 4) is 22.6 Å². The van der Waals surface area contributed by atoms with E-state index in [9.17, 15) is 0 Å². The molecule has 3 heteroatoms. The number of ether oxygens (including phenoxy) is 1. The van der Waals surface area contributed by atoms with Crippen molar-refractivity contribution in [2.24, 2.45) is 0 Å². The van der Waals surface area contributed by atoms with E-state index in [-0.39, 0.29) is 5.41 Å². The Balaban J connectivity index is 1.21. The highest BCUT2D eigenvalue weighted by molar-refractivity contribution is 5.87. The summed E-state index contributed by atoms with van der Waals surface area (Å²) in [6, 6.07) is 40.4. The lowest BCUT2D eigenvalue weighted by atomic mass is 9.82. The molecule has 0 bridgehead atoms. The van der Waals surface area contributed by atoms with Crippen LogP contribution in [0.5, 0.6) is 11.5 Å². The van der Waals surface area contributed by atoms with Crippen LogP contribution in [0.3, 0.4) is 0 Å². The first kappa shape index (κ1) is 20.8. The molecule has 0 spiro atoms. The van der Waals surface area contributed by atoms with Gasteiger partial charge < -0.3 is 15.0 Å². The Labute approximate surface area is 211 Å². The zero-order valence-electron chi connectivity index (χ0n) is 20.3. The summed E-state index contributed by atoms with van der Waals surface area (Å²) in [5, 5.41) is 3.62. The van der Waals surface area contributed by atoms with Crippen molar-refractivity contribution in [1.29, 1.82) is 0 Å². The first-order valence-electron chi connectivity index (χ1n) is 12.4. The minimum absolute atomic E-state index is 0.00934. The molecular formula is C33H26N2O. The van der Waals surface area contributed by atoms with E-state index >= 15 is 0 Å². The third kappa shape index (κ3) is 3.13. The predicted molar refractivity (Wildman–Crippen MR) is 148 cm³/mol. The van der Waals surface area contributed by atoms with Gasteiger partial charge in [0.25, 0.3) is 0 Å². The summed E-state index contributed by atoms with van der Waals surface area (Å²) in [7, 11) is 0. The van der Waals surface area contributed by atoms with Gasteiger partial charge in [0.05, 0.1) is 11.4 Å². The smallest absolute Gasteiger partial charge is 0.151 e. The molecule has 7 rings (SSSR count). The van der Waals surface area contributed by atoms with Crippen LogP contribution in [0.25, 0.3) is 11.1 Å². The monoisotopic (exact) mass is 466 g/mol. The minimum atomic E-state index is -0.00934. The second kappa shape index (κ2) is 7.76. The third-order valence-electron chi connectivity index (χ3n) is 7.43. The second-order valence-electron chi connectivity index (χ2n) is 9.98. The number of hydrogen-bond donors (Lipinski definition) is 1. The Morgan fingerprint density at radius 2 is 1.17 bits per heavy atom. The molecule has 3 nitrogen and oxygen atoms in total. The van der Waals surface area contributed by atoms with E-state index in [0.29, 0.717) is 0 Å². The summed E-state index contributed by atoms with van der Waals surface area (Å²) in [5.41, 5.74) is 10.8. The molecule has 0 atom stereocenters. The van der Waals surface area contributed by atoms with Crippen LogP contribution >= 0.6 is 0 Å². The van der Waals surface area contributed by atoms with E-state index in [4.69, 9.17) is 4.74 Å². The summed E-state index contributed by atoms with van der Waals surface area (Å²) in [5.74, 6) is 1.72. The van der Waals surface area contributed by atoms with Gasteiger partial charge in [-0.25, -0.2) is 0 Å². The molecule has 0 saturated heterocycles. The first-order chi connectivity index (χ1) is 17.6. The van der Waals surface area contributed by atoms with E-state index in [0.717, 1.165) is 39.9 Å². The van der Waals surface area contributed by atoms with Gasteiger partial charge in [-0.15, -0.1) is 0 Å². The minimum Gasteiger partial charge on any atom is -0.453 e. The number of benzene rings is 5. The third-order valence-corrected chi connectivity index (χ3v) is 7.43. The molecule has 5 aromatic carbocycles. The van der Waals surface area contributed by atoms with Gasteiger partial charge in [-0.05, 0) is 82.9 Å². The van der Waals surface area contributed by atoms with E-state index < -0.39 is 0 Å². The average molecular weight is 467 g/mol. The molecule has 1 N–H and O–H groups in total. The van der Waals surface area contributed by atoms with Gasteiger partial charge in [0.15, 0.2) is 11.5 Å². The number of rotatable bonds is 3. The highest BCUT2D eigenvalue weighted by Crippen LogP contribution is 2.51. The number of para-hydroxylation sites is 4. The first-order valence-corrected chi connectivity index (χ1v) is 12.4. The summed E-state index contributed by atoms with van der Waals surface area (Å²) in [6.45, 7) is 4.63. The van der Waals surface area contributed by atoms with E-state index in [1.165, 1.54) is 22.3 Å². The Bertz CT molecular complexity index is 1570. The Hall–Kier alpha value is -4.50. The molecule has 1 aliphatic heterocycles. The van der Waals surface area contributed by atoms with Crippen LogP contribution in [0, 0.1) is 0 Å². The number of hydrogen-bond acceptors (Lipinski definition) is 3. The number of nitrogens with zero attached hydrogens (tertiary/aromatic N) is 1. The van der Waals surface area contributed by atoms with E-state index in [2.05, 4.69) is 103 Å². The van der Waals surface area contributed by atoms with Gasteiger partial charge >= 0.3 is 0 Å². The maximum Gasteiger partial charge on any atom is 0.151 e. The molecule has 5 aromatic rings. The van der Waals surface area contributed by atoms with Crippen LogP contribution in [-0.4, -0.2) is 0 Å². The molecule has 174 valence electrons. The van der Waals surface area contributed by atoms with Crippen LogP contribution in [-0.2, 0) is 5.41 Å². The van der Waals surface area contributed by atoms with Crippen molar-refractivity contribution in [1.82, 2.24) is 0 Å². The largest absolute Gasteiger partial charge is 0.453 e. The van der Waals surface area contributed by atoms with Crippen molar-refractivity contribution >= 4 is 28.4 Å². The van der Waals surface area contributed by atoms with Crippen LogP contribution in [0.4, 0.5) is 28.4 Å². The molecule has 0 saturated carbocycles. The Morgan fingerprint density at radius 1 is 0.583 bits per heavy atom. The molecule has 1 aliphatic carbocycles. The molecule has 36 heavy (non-hydrogen) atoms. The van der Waals surface area contributed by atoms with Gasteiger partial charge in [0.2, 0.25) is 0 Å². The summed E-state index contributed by atoms with van der Waals surface area (Å²) in [6.07, 6.45) is 0. The lowest BCUT2D eigenvalue weighted by molar-refractivity contribution is 0.477. The Morgan fingerprint density at radius 3 is 1.89 bits per heavy atom. The molecule has 0 amide bonds. The van der Waals surface area contributed by atoms with Crippen molar-refractivity contribution in [2.75, 3.05) is 10.2 Å². The maximum atomic E-state index is 6.15. The van der Waals surface area contributed by atoms with Crippen LogP contribution in [0.2, 0.25) is 0 Å². The van der Waals surface area contributed by atoms with Gasteiger partial charge in [0, 0.05) is 22.5 Å². The molecular weight excluding hydrogens is 440 g/mol. The lowest BCUT2D eigenvalue weighted by Gasteiger charge is -2.32. The lowest BCUT2D eigenvalue weighted by Crippen LogP contribution is -2.15. The van der Waals surface area contributed by atoms with E-state index in [1.807, 2.05) is 36.4 Å². The molecule has 0 radical (unpaired) electrons. The van der Waals surface area contributed by atoms with Crippen molar-refractivity contribution in [2.45, 2.75) is 19.3 Å². The normalized spacial score (nSPS) is 14.2. The van der Waals surface area contributed by atoms with Crippen molar-refractivity contribution < 1.29 is 4.74 Å². The van der Waals surface area contributed by atoms with Gasteiger partial charge in [-0.1, -0.05) is 68.4 Å². The van der Waals surface area contributed by atoms with Gasteiger partial charge in [0.1, 0.15) is 0 Å². The quantitative estimate of drug-likeness (QED) is 0.281. The zero-order valence-corrected chi connectivity index (χ0v) is 20.3. The van der Waals surface area contributed by atoms with Crippen LogP contribution in [0.15, 0.2) is 115 Å². The summed E-state index contributed by atoms with van der Waals surface area (Å²) >= 11 is 0. The fourth-order valence-electron chi connectivity index (χ4n) is 5.63. The molecule has 1 heterocycles. The predicted octanol–water partition coefficient (Wildman–Crippen LogP) is 9.31. The average Bonchev–Trinajstić information content (AvgIpc) is 3.14. The maximum absolute atomic E-state index is 6.15. The second-order valence-corrected chi connectivity index (χ2v) is 9.98. The highest BCUT2D eigenvalue weighted by Gasteiger charge is 2.35.